The average molecular weight is 396 g/mol. The van der Waals surface area contributed by atoms with Crippen molar-refractivity contribution in [1.29, 1.82) is 0 Å². The fourth-order valence-corrected chi connectivity index (χ4v) is 3.35. The van der Waals surface area contributed by atoms with Gasteiger partial charge in [-0.15, -0.1) is 0 Å². The van der Waals surface area contributed by atoms with Crippen molar-refractivity contribution in [2.75, 3.05) is 13.7 Å². The number of ether oxygens (including phenoxy) is 1. The van der Waals surface area contributed by atoms with E-state index in [9.17, 15) is 14.4 Å². The number of H-pyrrole nitrogens is 2. The van der Waals surface area contributed by atoms with Gasteiger partial charge in [0.25, 0.3) is 0 Å². The Morgan fingerprint density at radius 1 is 1.17 bits per heavy atom. The summed E-state index contributed by atoms with van der Waals surface area (Å²) in [6.07, 6.45) is 1.39. The Hall–Kier alpha value is -3.42. The molecule has 0 atom stereocenters. The molecule has 0 aliphatic carbocycles. The van der Waals surface area contributed by atoms with Crippen LogP contribution in [0.4, 0.5) is 0 Å². The van der Waals surface area contributed by atoms with Crippen molar-refractivity contribution >= 4 is 28.7 Å². The highest BCUT2D eigenvalue weighted by Crippen LogP contribution is 2.20. The normalized spacial score (nSPS) is 10.9. The lowest BCUT2D eigenvalue weighted by Gasteiger charge is -2.06. The number of aromatic amines is 2. The molecule has 0 radical (unpaired) electrons. The van der Waals surface area contributed by atoms with Crippen LogP contribution in [0, 0.1) is 6.92 Å². The molecule has 0 aliphatic heterocycles. The second-order valence-corrected chi connectivity index (χ2v) is 6.86. The Kier molecular flexibility index (Phi) is 6.11. The molecular formula is C21H24N4O4. The number of aromatic nitrogens is 3. The highest BCUT2D eigenvalue weighted by atomic mass is 16.5. The lowest BCUT2D eigenvalue weighted by Crippen LogP contribution is -2.27. The minimum Gasteiger partial charge on any atom is -0.465 e. The minimum absolute atomic E-state index is 0.0385. The number of fused-ring (bicyclic) bond motifs is 1. The van der Waals surface area contributed by atoms with Gasteiger partial charge in [0.05, 0.1) is 35.8 Å². The first-order valence-electron chi connectivity index (χ1n) is 9.41. The largest absolute Gasteiger partial charge is 0.465 e. The Bertz CT molecular complexity index is 1030. The summed E-state index contributed by atoms with van der Waals surface area (Å²) in [5, 5.41) is 2.84. The van der Waals surface area contributed by atoms with Crippen LogP contribution in [0.25, 0.3) is 11.0 Å². The van der Waals surface area contributed by atoms with E-state index in [-0.39, 0.29) is 23.7 Å². The van der Waals surface area contributed by atoms with Crippen molar-refractivity contribution in [3.8, 4) is 0 Å². The van der Waals surface area contributed by atoms with E-state index in [0.29, 0.717) is 29.9 Å². The molecule has 0 fully saturated rings. The number of nitrogens with one attached hydrogen (secondary N) is 3. The third-order valence-corrected chi connectivity index (χ3v) is 4.76. The van der Waals surface area contributed by atoms with Gasteiger partial charge in [-0.2, -0.15) is 0 Å². The van der Waals surface area contributed by atoms with Gasteiger partial charge in [0.1, 0.15) is 5.82 Å². The standard InChI is InChI=1S/C21H24N4O4/c1-12-19(21(28)29-3)16(25-20(12)13(2)26)11-18(27)22-10-6-9-17-23-14-7-4-5-8-15(14)24-17/h4-5,7-8,25H,6,9-11H2,1-3H3,(H,22,27)(H,23,24). The molecule has 3 N–H and O–H groups in total. The smallest absolute Gasteiger partial charge is 0.339 e. The summed E-state index contributed by atoms with van der Waals surface area (Å²) in [4.78, 5) is 46.8. The number of amides is 1. The molecule has 29 heavy (non-hydrogen) atoms. The molecule has 0 aliphatic rings. The zero-order chi connectivity index (χ0) is 21.0. The third-order valence-electron chi connectivity index (χ3n) is 4.76. The van der Waals surface area contributed by atoms with Crippen LogP contribution >= 0.6 is 0 Å². The van der Waals surface area contributed by atoms with Gasteiger partial charge in [-0.3, -0.25) is 9.59 Å². The van der Waals surface area contributed by atoms with Crippen molar-refractivity contribution < 1.29 is 19.1 Å². The van der Waals surface area contributed by atoms with Crippen molar-refractivity contribution in [3.05, 3.63) is 52.6 Å². The Morgan fingerprint density at radius 2 is 1.93 bits per heavy atom. The van der Waals surface area contributed by atoms with Crippen LogP contribution in [-0.4, -0.2) is 46.3 Å². The monoisotopic (exact) mass is 396 g/mol. The fourth-order valence-electron chi connectivity index (χ4n) is 3.35. The van der Waals surface area contributed by atoms with Gasteiger partial charge in [-0.25, -0.2) is 9.78 Å². The van der Waals surface area contributed by atoms with Gasteiger partial charge in [0, 0.05) is 25.6 Å². The van der Waals surface area contributed by atoms with Crippen LogP contribution in [0.3, 0.4) is 0 Å². The quantitative estimate of drug-likeness (QED) is 0.307. The number of nitrogens with zero attached hydrogens (tertiary/aromatic N) is 1. The van der Waals surface area contributed by atoms with Crippen LogP contribution in [0.5, 0.6) is 0 Å². The molecule has 8 nitrogen and oxygen atoms in total. The van der Waals surface area contributed by atoms with Crippen LogP contribution in [0.2, 0.25) is 0 Å². The van der Waals surface area contributed by atoms with Gasteiger partial charge >= 0.3 is 5.97 Å². The molecule has 152 valence electrons. The predicted octanol–water partition coefficient (Wildman–Crippen LogP) is 2.48. The number of rotatable bonds is 8. The van der Waals surface area contributed by atoms with Crippen molar-refractivity contribution in [2.24, 2.45) is 0 Å². The predicted molar refractivity (Wildman–Crippen MR) is 108 cm³/mol. The number of carbonyl (C=O) groups excluding carboxylic acids is 3. The minimum atomic E-state index is -0.570. The number of Topliss-reactive ketones (excluding diaryl/α,β-unsaturated/α-hetero) is 1. The van der Waals surface area contributed by atoms with Crippen molar-refractivity contribution in [1.82, 2.24) is 20.3 Å². The van der Waals surface area contributed by atoms with E-state index in [4.69, 9.17) is 4.74 Å². The topological polar surface area (TPSA) is 117 Å². The number of para-hydroxylation sites is 2. The lowest BCUT2D eigenvalue weighted by atomic mass is 10.1. The number of aryl methyl sites for hydroxylation is 1. The van der Waals surface area contributed by atoms with E-state index in [0.717, 1.165) is 23.3 Å². The molecular weight excluding hydrogens is 372 g/mol. The van der Waals surface area contributed by atoms with E-state index >= 15 is 0 Å². The third kappa shape index (κ3) is 4.53. The lowest BCUT2D eigenvalue weighted by molar-refractivity contribution is -0.120. The second-order valence-electron chi connectivity index (χ2n) is 6.86. The maximum Gasteiger partial charge on any atom is 0.339 e. The van der Waals surface area contributed by atoms with Gasteiger partial charge in [0.2, 0.25) is 5.91 Å². The maximum atomic E-state index is 12.3. The number of esters is 1. The summed E-state index contributed by atoms with van der Waals surface area (Å²) in [5.41, 5.74) is 3.36. The molecule has 2 aromatic heterocycles. The van der Waals surface area contributed by atoms with Crippen LogP contribution < -0.4 is 5.32 Å². The Morgan fingerprint density at radius 3 is 2.62 bits per heavy atom. The summed E-state index contributed by atoms with van der Waals surface area (Å²) < 4.78 is 4.79. The van der Waals surface area contributed by atoms with Gasteiger partial charge in [0.15, 0.2) is 5.78 Å². The Labute approximate surface area is 168 Å². The molecule has 1 amide bonds. The van der Waals surface area contributed by atoms with Crippen LogP contribution in [0.15, 0.2) is 24.3 Å². The maximum absolute atomic E-state index is 12.3. The summed E-state index contributed by atoms with van der Waals surface area (Å²) in [6.45, 7) is 3.54. The van der Waals surface area contributed by atoms with Crippen molar-refractivity contribution in [2.45, 2.75) is 33.1 Å². The number of ketones is 1. The van der Waals surface area contributed by atoms with E-state index in [2.05, 4.69) is 20.3 Å². The van der Waals surface area contributed by atoms with E-state index < -0.39 is 5.97 Å². The molecule has 8 heteroatoms. The van der Waals surface area contributed by atoms with Crippen LogP contribution in [-0.2, 0) is 22.4 Å². The van der Waals surface area contributed by atoms with Gasteiger partial charge in [-0.1, -0.05) is 12.1 Å². The Balaban J connectivity index is 1.57. The molecule has 3 aromatic rings. The fraction of sp³-hybridized carbons (Fsp3) is 0.333. The first-order chi connectivity index (χ1) is 13.9. The van der Waals surface area contributed by atoms with Crippen molar-refractivity contribution in [3.63, 3.8) is 0 Å². The summed E-state index contributed by atoms with van der Waals surface area (Å²) in [6, 6.07) is 7.81. The first kappa shape index (κ1) is 20.3. The molecule has 3 rings (SSSR count). The first-order valence-corrected chi connectivity index (χ1v) is 9.41. The number of imidazole rings is 1. The summed E-state index contributed by atoms with van der Waals surface area (Å²) >= 11 is 0. The molecule has 2 heterocycles. The van der Waals surface area contributed by atoms with Gasteiger partial charge < -0.3 is 20.0 Å². The summed E-state index contributed by atoms with van der Waals surface area (Å²) in [7, 11) is 1.27. The van der Waals surface area contributed by atoms with E-state index in [1.165, 1.54) is 14.0 Å². The van der Waals surface area contributed by atoms with Crippen LogP contribution in [0.1, 0.15) is 51.3 Å². The second kappa shape index (κ2) is 8.72. The highest BCUT2D eigenvalue weighted by molar-refractivity contribution is 6.01. The number of hydrogen-bond donors (Lipinski definition) is 3. The highest BCUT2D eigenvalue weighted by Gasteiger charge is 2.24. The number of methoxy groups -OCH3 is 1. The molecule has 0 saturated carbocycles. The molecule has 0 saturated heterocycles. The molecule has 0 unspecified atom stereocenters. The number of carbonyl (C=O) groups is 3. The molecule has 0 spiro atoms. The van der Waals surface area contributed by atoms with Gasteiger partial charge in [-0.05, 0) is 31.0 Å². The van der Waals surface area contributed by atoms with E-state index in [1.807, 2.05) is 24.3 Å². The molecule has 1 aromatic carbocycles. The SMILES string of the molecule is COC(=O)c1c(CC(=O)NCCCc2nc3ccccc3[nH]2)[nH]c(C(C)=O)c1C. The zero-order valence-electron chi connectivity index (χ0n) is 16.7. The van der Waals surface area contributed by atoms with E-state index in [1.54, 1.807) is 6.92 Å². The zero-order valence-corrected chi connectivity index (χ0v) is 16.7. The molecule has 0 bridgehead atoms. The summed E-state index contributed by atoms with van der Waals surface area (Å²) in [5.74, 6) is -0.139. The number of benzene rings is 1. The average Bonchev–Trinajstić information content (AvgIpc) is 3.25. The number of hydrogen-bond acceptors (Lipinski definition) is 5.